The van der Waals surface area contributed by atoms with Crippen LogP contribution in [0.2, 0.25) is 5.02 Å². The number of hydrogen-bond acceptors (Lipinski definition) is 5. The van der Waals surface area contributed by atoms with Gasteiger partial charge in [-0.05, 0) is 31.2 Å². The van der Waals surface area contributed by atoms with E-state index in [1.54, 1.807) is 36.4 Å². The number of nitrogens with one attached hydrogen (secondary N) is 1. The van der Waals surface area contributed by atoms with Gasteiger partial charge in [-0.15, -0.1) is 0 Å². The Labute approximate surface area is 172 Å². The van der Waals surface area contributed by atoms with E-state index in [-0.39, 0.29) is 18.7 Å². The minimum atomic E-state index is -0.751. The van der Waals surface area contributed by atoms with Crippen molar-refractivity contribution in [1.82, 2.24) is 10.4 Å². The number of carbonyl (C=O) groups is 4. The number of Topliss-reactive ketones (excluding diaryl/α,β-unsaturated/α-hetero) is 1. The van der Waals surface area contributed by atoms with Gasteiger partial charge in [-0.1, -0.05) is 41.4 Å². The Balaban J connectivity index is 1.51. The quantitative estimate of drug-likeness (QED) is 0.579. The summed E-state index contributed by atoms with van der Waals surface area (Å²) in [6.45, 7) is 1.49. The summed E-state index contributed by atoms with van der Waals surface area (Å²) in [5, 5.41) is 1.58. The molecule has 1 aliphatic rings. The van der Waals surface area contributed by atoms with Crippen LogP contribution >= 0.6 is 11.6 Å². The van der Waals surface area contributed by atoms with Crippen molar-refractivity contribution in [2.75, 3.05) is 13.2 Å². The van der Waals surface area contributed by atoms with Gasteiger partial charge in [0.05, 0.1) is 12.5 Å². The van der Waals surface area contributed by atoms with Gasteiger partial charge >= 0.3 is 5.97 Å². The number of hydrogen-bond donors (Lipinski definition) is 1. The topological polar surface area (TPSA) is 92.8 Å². The molecule has 0 spiro atoms. The number of ether oxygens (including phenoxy) is 1. The molecule has 0 saturated carbocycles. The second-order valence-electron chi connectivity index (χ2n) is 6.75. The molecule has 1 heterocycles. The van der Waals surface area contributed by atoms with Crippen molar-refractivity contribution < 1.29 is 23.9 Å². The third-order valence-electron chi connectivity index (χ3n) is 4.52. The van der Waals surface area contributed by atoms with Crippen LogP contribution in [0.3, 0.4) is 0 Å². The molecule has 2 aromatic rings. The van der Waals surface area contributed by atoms with Crippen LogP contribution in [-0.2, 0) is 14.3 Å². The van der Waals surface area contributed by atoms with Crippen LogP contribution in [-0.4, -0.2) is 41.7 Å². The Morgan fingerprint density at radius 2 is 1.69 bits per heavy atom. The minimum absolute atomic E-state index is 0.0181. The third kappa shape index (κ3) is 5.20. The molecule has 29 heavy (non-hydrogen) atoms. The second kappa shape index (κ2) is 8.87. The molecule has 2 aromatic carbocycles. The Hall–Kier alpha value is -3.19. The summed E-state index contributed by atoms with van der Waals surface area (Å²) in [5.74, 6) is -2.62. The van der Waals surface area contributed by atoms with Gasteiger partial charge in [0.25, 0.3) is 5.91 Å². The lowest BCUT2D eigenvalue weighted by molar-refractivity contribution is -0.147. The highest BCUT2D eigenvalue weighted by atomic mass is 35.5. The van der Waals surface area contributed by atoms with Crippen molar-refractivity contribution in [3.05, 3.63) is 70.2 Å². The Kier molecular flexibility index (Phi) is 6.29. The predicted molar refractivity (Wildman–Crippen MR) is 105 cm³/mol. The molecule has 1 N–H and O–H groups in total. The number of rotatable bonds is 6. The molecule has 0 radical (unpaired) electrons. The van der Waals surface area contributed by atoms with E-state index in [0.717, 1.165) is 10.6 Å². The van der Waals surface area contributed by atoms with Gasteiger partial charge in [0.2, 0.25) is 5.91 Å². The van der Waals surface area contributed by atoms with Crippen molar-refractivity contribution in [3.63, 3.8) is 0 Å². The maximum atomic E-state index is 12.2. The van der Waals surface area contributed by atoms with Crippen LogP contribution in [0.15, 0.2) is 48.5 Å². The zero-order chi connectivity index (χ0) is 21.0. The van der Waals surface area contributed by atoms with Gasteiger partial charge in [0.15, 0.2) is 12.4 Å². The number of nitrogens with zero attached hydrogens (tertiary/aromatic N) is 1. The fraction of sp³-hybridized carbons (Fsp3) is 0.238. The standard InChI is InChI=1S/C21H19ClN2O5/c1-13-2-4-14(5-3-13)18(25)12-29-21(28)16-10-19(26)24(11-16)23-20(27)15-6-8-17(22)9-7-15/h2-9,16H,10-12H2,1H3,(H,23,27). The minimum Gasteiger partial charge on any atom is -0.457 e. The summed E-state index contributed by atoms with van der Waals surface area (Å²) >= 11 is 5.79. The summed E-state index contributed by atoms with van der Waals surface area (Å²) in [6.07, 6.45) is -0.0988. The molecule has 2 amide bonds. The highest BCUT2D eigenvalue weighted by Gasteiger charge is 2.36. The summed E-state index contributed by atoms with van der Waals surface area (Å²) in [4.78, 5) is 48.7. The first kappa shape index (κ1) is 20.5. The maximum Gasteiger partial charge on any atom is 0.311 e. The monoisotopic (exact) mass is 414 g/mol. The highest BCUT2D eigenvalue weighted by molar-refractivity contribution is 6.30. The smallest absolute Gasteiger partial charge is 0.311 e. The van der Waals surface area contributed by atoms with Crippen LogP contribution in [0.25, 0.3) is 0 Å². The molecule has 8 heteroatoms. The SMILES string of the molecule is Cc1ccc(C(=O)COC(=O)C2CC(=O)N(NC(=O)c3ccc(Cl)cc3)C2)cc1. The molecule has 1 aliphatic heterocycles. The van der Waals surface area contributed by atoms with Crippen molar-refractivity contribution in [2.45, 2.75) is 13.3 Å². The fourth-order valence-electron chi connectivity index (χ4n) is 2.84. The maximum absolute atomic E-state index is 12.2. The lowest BCUT2D eigenvalue weighted by Crippen LogP contribution is -2.43. The van der Waals surface area contributed by atoms with Crippen LogP contribution in [0.4, 0.5) is 0 Å². The molecule has 1 unspecified atom stereocenters. The van der Waals surface area contributed by atoms with Crippen LogP contribution in [0.1, 0.15) is 32.7 Å². The summed E-state index contributed by atoms with van der Waals surface area (Å²) in [6, 6.07) is 13.1. The first-order valence-corrected chi connectivity index (χ1v) is 9.34. The number of halogens is 1. The Morgan fingerprint density at radius 1 is 1.07 bits per heavy atom. The highest BCUT2D eigenvalue weighted by Crippen LogP contribution is 2.18. The number of aryl methyl sites for hydroxylation is 1. The predicted octanol–water partition coefficient (Wildman–Crippen LogP) is 2.57. The molecule has 3 rings (SSSR count). The van der Waals surface area contributed by atoms with Gasteiger partial charge in [-0.25, -0.2) is 0 Å². The third-order valence-corrected chi connectivity index (χ3v) is 4.77. The number of benzene rings is 2. The van der Waals surface area contributed by atoms with Gasteiger partial charge in [0.1, 0.15) is 0 Å². The number of carbonyl (C=O) groups excluding carboxylic acids is 4. The van der Waals surface area contributed by atoms with E-state index in [1.807, 2.05) is 6.92 Å². The first-order valence-electron chi connectivity index (χ1n) is 8.97. The van der Waals surface area contributed by atoms with Gasteiger partial charge in [0, 0.05) is 22.6 Å². The molecule has 0 bridgehead atoms. The molecule has 1 fully saturated rings. The molecule has 150 valence electrons. The largest absolute Gasteiger partial charge is 0.457 e. The summed E-state index contributed by atoms with van der Waals surface area (Å²) in [5.41, 5.74) is 4.27. The molecular weight excluding hydrogens is 396 g/mol. The molecule has 1 saturated heterocycles. The van der Waals surface area contributed by atoms with Crippen LogP contribution < -0.4 is 5.43 Å². The lowest BCUT2D eigenvalue weighted by atomic mass is 10.1. The van der Waals surface area contributed by atoms with E-state index in [4.69, 9.17) is 16.3 Å². The average molecular weight is 415 g/mol. The zero-order valence-electron chi connectivity index (χ0n) is 15.7. The zero-order valence-corrected chi connectivity index (χ0v) is 16.4. The van der Waals surface area contributed by atoms with Crippen molar-refractivity contribution in [3.8, 4) is 0 Å². The van der Waals surface area contributed by atoms with E-state index in [2.05, 4.69) is 5.43 Å². The average Bonchev–Trinajstić information content (AvgIpc) is 3.07. The Bertz CT molecular complexity index is 941. The molecule has 0 aromatic heterocycles. The normalized spacial score (nSPS) is 15.9. The number of ketones is 1. The molecular formula is C21H19ClN2O5. The fourth-order valence-corrected chi connectivity index (χ4v) is 2.97. The van der Waals surface area contributed by atoms with Gasteiger partial charge in [-0.2, -0.15) is 0 Å². The number of esters is 1. The van der Waals surface area contributed by atoms with E-state index in [0.29, 0.717) is 16.1 Å². The molecule has 0 aliphatic carbocycles. The van der Waals surface area contributed by atoms with E-state index < -0.39 is 30.3 Å². The lowest BCUT2D eigenvalue weighted by Gasteiger charge is -2.17. The summed E-state index contributed by atoms with van der Waals surface area (Å²) in [7, 11) is 0. The summed E-state index contributed by atoms with van der Waals surface area (Å²) < 4.78 is 5.08. The van der Waals surface area contributed by atoms with Gasteiger partial charge in [-0.3, -0.25) is 29.6 Å². The van der Waals surface area contributed by atoms with Crippen molar-refractivity contribution >= 4 is 35.2 Å². The van der Waals surface area contributed by atoms with E-state index in [9.17, 15) is 19.2 Å². The second-order valence-corrected chi connectivity index (χ2v) is 7.19. The van der Waals surface area contributed by atoms with Crippen molar-refractivity contribution in [2.24, 2.45) is 5.92 Å². The van der Waals surface area contributed by atoms with E-state index in [1.165, 1.54) is 12.1 Å². The molecule has 1 atom stereocenters. The van der Waals surface area contributed by atoms with Crippen molar-refractivity contribution in [1.29, 1.82) is 0 Å². The number of hydrazine groups is 1. The number of amides is 2. The van der Waals surface area contributed by atoms with Crippen LogP contribution in [0.5, 0.6) is 0 Å². The van der Waals surface area contributed by atoms with Crippen LogP contribution in [0, 0.1) is 12.8 Å². The van der Waals surface area contributed by atoms with E-state index >= 15 is 0 Å². The first-order chi connectivity index (χ1) is 13.8. The Morgan fingerprint density at radius 3 is 2.34 bits per heavy atom. The molecule has 7 nitrogen and oxygen atoms in total. The van der Waals surface area contributed by atoms with Gasteiger partial charge < -0.3 is 4.74 Å².